The third-order valence-electron chi connectivity index (χ3n) is 3.01. The van der Waals surface area contributed by atoms with Crippen LogP contribution in [0.5, 0.6) is 0 Å². The van der Waals surface area contributed by atoms with Crippen LogP contribution < -0.4 is 45.3 Å². The summed E-state index contributed by atoms with van der Waals surface area (Å²) in [4.78, 5) is 46.8. The second-order valence-corrected chi connectivity index (χ2v) is 6.31. The maximum absolute atomic E-state index is 12.4. The number of ketones is 1. The Morgan fingerprint density at radius 2 is 1.70 bits per heavy atom. The molecule has 1 aromatic rings. The van der Waals surface area contributed by atoms with Gasteiger partial charge in [-0.3, -0.25) is 10.1 Å². The minimum atomic E-state index is -1.64. The van der Waals surface area contributed by atoms with Crippen LogP contribution in [0.4, 0.5) is 15.3 Å². The second kappa shape index (κ2) is 10.9. The fourth-order valence-electron chi connectivity index (χ4n) is 1.93. The van der Waals surface area contributed by atoms with E-state index in [0.29, 0.717) is 0 Å². The largest absolute Gasteiger partial charge is 1.00 e. The van der Waals surface area contributed by atoms with Crippen LogP contribution in [0.15, 0.2) is 24.3 Å². The standard InChI is InChI=1S/C17H22N2O7.Na/c1-17(2,3)26-16(24)19-12(14(21)22)9-13(20)10-7-5-6-8-11(10)18-15(23)25-4;/h5-8,12H,9H2,1-4H3,(H,18,23)(H,19,24)(H,21,22);/q;+1/p-1/t12-;/m0./s1. The SMILES string of the molecule is COC(=O)Nc1ccccc1C(=O)C[C@H](NC(=O)OC(C)(C)C)C(=O)[O-].[Na+]. The molecule has 0 bridgehead atoms. The molecule has 2 amide bonds. The Hall–Kier alpha value is -2.10. The number of alkyl carbamates (subject to hydrolysis) is 1. The van der Waals surface area contributed by atoms with Crippen molar-refractivity contribution in [2.24, 2.45) is 0 Å². The summed E-state index contributed by atoms with van der Waals surface area (Å²) in [5.41, 5.74) is -0.615. The molecule has 9 nitrogen and oxygen atoms in total. The van der Waals surface area contributed by atoms with E-state index in [1.54, 1.807) is 32.9 Å². The molecule has 1 aromatic carbocycles. The summed E-state index contributed by atoms with van der Waals surface area (Å²) < 4.78 is 9.44. The maximum atomic E-state index is 12.4. The molecule has 0 radical (unpaired) electrons. The van der Waals surface area contributed by atoms with Gasteiger partial charge in [-0.05, 0) is 32.9 Å². The summed E-state index contributed by atoms with van der Waals surface area (Å²) in [5, 5.41) is 15.7. The van der Waals surface area contributed by atoms with Crippen LogP contribution in [-0.4, -0.2) is 42.7 Å². The Labute approximate surface area is 179 Å². The van der Waals surface area contributed by atoms with Gasteiger partial charge >= 0.3 is 41.7 Å². The zero-order chi connectivity index (χ0) is 19.9. The summed E-state index contributed by atoms with van der Waals surface area (Å²) >= 11 is 0. The number of anilines is 1. The molecule has 1 atom stereocenters. The van der Waals surface area contributed by atoms with E-state index >= 15 is 0 Å². The van der Waals surface area contributed by atoms with Crippen molar-refractivity contribution in [3.8, 4) is 0 Å². The molecule has 0 fully saturated rings. The van der Waals surface area contributed by atoms with Crippen molar-refractivity contribution >= 4 is 29.6 Å². The number of carbonyl (C=O) groups excluding carboxylic acids is 4. The van der Waals surface area contributed by atoms with E-state index in [4.69, 9.17) is 4.74 Å². The first-order valence-corrected chi connectivity index (χ1v) is 7.71. The monoisotopic (exact) mass is 388 g/mol. The van der Waals surface area contributed by atoms with Gasteiger partial charge in [-0.2, -0.15) is 0 Å². The van der Waals surface area contributed by atoms with Crippen molar-refractivity contribution in [3.05, 3.63) is 29.8 Å². The van der Waals surface area contributed by atoms with Gasteiger partial charge in [0.05, 0.1) is 24.8 Å². The number of aliphatic carboxylic acids is 1. The molecule has 1 rings (SSSR count). The van der Waals surface area contributed by atoms with E-state index in [1.807, 2.05) is 0 Å². The summed E-state index contributed by atoms with van der Waals surface area (Å²) in [6.45, 7) is 4.83. The number of hydrogen-bond acceptors (Lipinski definition) is 7. The minimum Gasteiger partial charge on any atom is -0.548 e. The predicted molar refractivity (Wildman–Crippen MR) is 89.6 cm³/mol. The average molecular weight is 388 g/mol. The average Bonchev–Trinajstić information content (AvgIpc) is 2.52. The predicted octanol–water partition coefficient (Wildman–Crippen LogP) is -1.92. The number of carboxylic acid groups (broad SMARTS) is 1. The molecular formula is C17H21N2NaO7. The van der Waals surface area contributed by atoms with E-state index in [2.05, 4.69) is 15.4 Å². The third-order valence-corrected chi connectivity index (χ3v) is 3.01. The number of rotatable bonds is 6. The number of Topliss-reactive ketones (excluding diaryl/α,β-unsaturated/α-hetero) is 1. The zero-order valence-electron chi connectivity index (χ0n) is 16.0. The number of nitrogens with one attached hydrogen (secondary N) is 2. The number of carbonyl (C=O) groups is 4. The van der Waals surface area contributed by atoms with Crippen LogP contribution in [0.25, 0.3) is 0 Å². The number of benzene rings is 1. The van der Waals surface area contributed by atoms with Crippen molar-refractivity contribution < 1.29 is 63.3 Å². The van der Waals surface area contributed by atoms with Crippen LogP contribution in [0, 0.1) is 0 Å². The molecule has 2 N–H and O–H groups in total. The number of para-hydroxylation sites is 1. The minimum absolute atomic E-state index is 0. The van der Waals surface area contributed by atoms with Gasteiger partial charge in [0.2, 0.25) is 0 Å². The zero-order valence-corrected chi connectivity index (χ0v) is 18.0. The normalized spacial score (nSPS) is 11.4. The second-order valence-electron chi connectivity index (χ2n) is 6.31. The number of methoxy groups -OCH3 is 1. The molecule has 0 spiro atoms. The van der Waals surface area contributed by atoms with Crippen molar-refractivity contribution in [3.63, 3.8) is 0 Å². The smallest absolute Gasteiger partial charge is 0.548 e. The quantitative estimate of drug-likeness (QED) is 0.429. The van der Waals surface area contributed by atoms with Crippen LogP contribution in [0.2, 0.25) is 0 Å². The van der Waals surface area contributed by atoms with Gasteiger partial charge in [0.25, 0.3) is 0 Å². The molecule has 0 aliphatic heterocycles. The van der Waals surface area contributed by atoms with Crippen molar-refractivity contribution in [1.29, 1.82) is 0 Å². The van der Waals surface area contributed by atoms with Crippen LogP contribution in [0.3, 0.4) is 0 Å². The summed E-state index contributed by atoms with van der Waals surface area (Å²) in [6.07, 6.45) is -2.35. The molecule has 27 heavy (non-hydrogen) atoms. The molecule has 0 aliphatic rings. The van der Waals surface area contributed by atoms with E-state index in [1.165, 1.54) is 12.1 Å². The van der Waals surface area contributed by atoms with Crippen molar-refractivity contribution in [2.75, 3.05) is 12.4 Å². The van der Waals surface area contributed by atoms with Crippen molar-refractivity contribution in [2.45, 2.75) is 38.8 Å². The van der Waals surface area contributed by atoms with Gasteiger partial charge in [-0.25, -0.2) is 9.59 Å². The first-order chi connectivity index (χ1) is 12.0. The molecule has 142 valence electrons. The van der Waals surface area contributed by atoms with E-state index in [0.717, 1.165) is 7.11 Å². The molecule has 0 heterocycles. The van der Waals surface area contributed by atoms with Gasteiger partial charge in [0, 0.05) is 12.0 Å². The third kappa shape index (κ3) is 8.89. The van der Waals surface area contributed by atoms with E-state index in [-0.39, 0.29) is 40.8 Å². The Balaban J connectivity index is 0.00000676. The molecule has 10 heteroatoms. The first-order valence-electron chi connectivity index (χ1n) is 7.71. The molecule has 0 aliphatic carbocycles. The Kier molecular flexibility index (Phi) is 10.1. The van der Waals surface area contributed by atoms with Gasteiger partial charge in [-0.1, -0.05) is 12.1 Å². The van der Waals surface area contributed by atoms with E-state index < -0.39 is 42.0 Å². The Morgan fingerprint density at radius 1 is 1.11 bits per heavy atom. The summed E-state index contributed by atoms with van der Waals surface area (Å²) in [6, 6.07) is 4.40. The number of carboxylic acids is 1. The van der Waals surface area contributed by atoms with Gasteiger partial charge in [0.15, 0.2) is 5.78 Å². The van der Waals surface area contributed by atoms with Gasteiger partial charge in [-0.15, -0.1) is 0 Å². The number of amides is 2. The first kappa shape index (κ1) is 24.9. The van der Waals surface area contributed by atoms with Crippen molar-refractivity contribution in [1.82, 2.24) is 5.32 Å². The molecular weight excluding hydrogens is 367 g/mol. The molecule has 0 aromatic heterocycles. The Bertz CT molecular complexity index is 701. The van der Waals surface area contributed by atoms with E-state index in [9.17, 15) is 24.3 Å². The fourth-order valence-corrected chi connectivity index (χ4v) is 1.93. The summed E-state index contributed by atoms with van der Waals surface area (Å²) in [7, 11) is 1.16. The van der Waals surface area contributed by atoms with Gasteiger partial charge < -0.3 is 24.7 Å². The number of hydrogen-bond donors (Lipinski definition) is 2. The fraction of sp³-hybridized carbons (Fsp3) is 0.412. The van der Waals surface area contributed by atoms with Gasteiger partial charge in [0.1, 0.15) is 5.60 Å². The number of ether oxygens (including phenoxy) is 2. The van der Waals surface area contributed by atoms with Crippen LogP contribution >= 0.6 is 0 Å². The topological polar surface area (TPSA) is 134 Å². The maximum Gasteiger partial charge on any atom is 1.00 e. The molecule has 0 unspecified atom stereocenters. The Morgan fingerprint density at radius 3 is 2.22 bits per heavy atom. The molecule has 0 saturated carbocycles. The van der Waals surface area contributed by atoms with Crippen LogP contribution in [0.1, 0.15) is 37.6 Å². The van der Waals surface area contributed by atoms with Crippen LogP contribution in [-0.2, 0) is 14.3 Å². The summed E-state index contributed by atoms with van der Waals surface area (Å²) in [5.74, 6) is -2.26. The molecule has 0 saturated heterocycles.